The van der Waals surface area contributed by atoms with Crippen molar-refractivity contribution in [3.8, 4) is 17.4 Å². The predicted octanol–water partition coefficient (Wildman–Crippen LogP) is 3.29. The summed E-state index contributed by atoms with van der Waals surface area (Å²) in [6.45, 7) is -0.243. The maximum absolute atomic E-state index is 12.2. The van der Waals surface area contributed by atoms with Gasteiger partial charge >= 0.3 is 6.18 Å². The molecule has 0 bridgehead atoms. The van der Waals surface area contributed by atoms with E-state index < -0.39 is 12.8 Å². The molecule has 0 radical (unpaired) electrons. The highest BCUT2D eigenvalue weighted by molar-refractivity contribution is 5.79. The third kappa shape index (κ3) is 7.88. The Morgan fingerprint density at radius 3 is 2.39 bits per heavy atom. The molecule has 1 aromatic carbocycles. The zero-order valence-electron chi connectivity index (χ0n) is 18.0. The number of aliphatic imine (C=N–C) groups is 1. The highest BCUT2D eigenvalue weighted by atomic mass is 19.4. The van der Waals surface area contributed by atoms with Crippen molar-refractivity contribution in [3.05, 3.63) is 47.7 Å². The molecule has 0 saturated carbocycles. The zero-order chi connectivity index (χ0) is 22.9. The lowest BCUT2D eigenvalue weighted by Crippen LogP contribution is -2.39. The van der Waals surface area contributed by atoms with Crippen LogP contribution in [0.1, 0.15) is 11.1 Å². The van der Waals surface area contributed by atoms with Crippen LogP contribution in [0.4, 0.5) is 13.2 Å². The van der Waals surface area contributed by atoms with Crippen LogP contribution in [0.2, 0.25) is 0 Å². The first-order valence-electron chi connectivity index (χ1n) is 9.53. The molecular weight excluding hydrogens is 413 g/mol. The van der Waals surface area contributed by atoms with E-state index in [2.05, 4.69) is 20.0 Å². The number of halogens is 3. The summed E-state index contributed by atoms with van der Waals surface area (Å²) in [5, 5.41) is 3.21. The summed E-state index contributed by atoms with van der Waals surface area (Å²) in [5.74, 6) is 1.97. The van der Waals surface area contributed by atoms with Gasteiger partial charge in [0.15, 0.2) is 24.1 Å². The Hall–Kier alpha value is -3.17. The van der Waals surface area contributed by atoms with Crippen molar-refractivity contribution in [3.63, 3.8) is 0 Å². The van der Waals surface area contributed by atoms with Crippen LogP contribution in [0.15, 0.2) is 41.5 Å². The summed E-state index contributed by atoms with van der Waals surface area (Å²) in [4.78, 5) is 10.1. The second-order valence-electron chi connectivity index (χ2n) is 6.67. The smallest absolute Gasteiger partial charge is 0.422 e. The molecule has 2 aromatic rings. The molecule has 0 aliphatic heterocycles. The first-order valence-corrected chi connectivity index (χ1v) is 9.53. The molecule has 0 atom stereocenters. The molecule has 0 amide bonds. The van der Waals surface area contributed by atoms with Gasteiger partial charge in [-0.3, -0.25) is 4.99 Å². The van der Waals surface area contributed by atoms with Crippen molar-refractivity contribution in [2.45, 2.75) is 19.1 Å². The minimum Gasteiger partial charge on any atom is -0.493 e. The number of hydrogen-bond donors (Lipinski definition) is 1. The molecule has 31 heavy (non-hydrogen) atoms. The first kappa shape index (κ1) is 24.1. The molecule has 0 aliphatic rings. The number of methoxy groups -OCH3 is 2. The van der Waals surface area contributed by atoms with Crippen LogP contribution in [0.3, 0.4) is 0 Å². The lowest BCUT2D eigenvalue weighted by Gasteiger charge is -2.22. The lowest BCUT2D eigenvalue weighted by molar-refractivity contribution is -0.154. The van der Waals surface area contributed by atoms with Gasteiger partial charge in [0, 0.05) is 39.4 Å². The van der Waals surface area contributed by atoms with Crippen molar-refractivity contribution in [1.82, 2.24) is 15.2 Å². The molecule has 0 spiro atoms. The predicted molar refractivity (Wildman–Crippen MR) is 112 cm³/mol. The summed E-state index contributed by atoms with van der Waals surface area (Å²) in [6.07, 6.45) is -2.16. The van der Waals surface area contributed by atoms with Gasteiger partial charge in [-0.1, -0.05) is 12.1 Å². The van der Waals surface area contributed by atoms with Crippen molar-refractivity contribution in [2.24, 2.45) is 4.99 Å². The second kappa shape index (κ2) is 11.3. The topological polar surface area (TPSA) is 68.2 Å². The number of likely N-dealkylation sites (N-methyl/N-ethyl adjacent to an activating group) is 1. The van der Waals surface area contributed by atoms with E-state index in [1.807, 2.05) is 30.1 Å². The van der Waals surface area contributed by atoms with Gasteiger partial charge in [-0.05, 0) is 29.7 Å². The largest absolute Gasteiger partial charge is 0.493 e. The summed E-state index contributed by atoms with van der Waals surface area (Å²) in [6, 6.07) is 8.86. The van der Waals surface area contributed by atoms with Gasteiger partial charge in [0.05, 0.1) is 14.2 Å². The average molecular weight is 440 g/mol. The number of benzene rings is 1. The minimum absolute atomic E-state index is 0.0718. The molecule has 1 aromatic heterocycles. The minimum atomic E-state index is -4.39. The van der Waals surface area contributed by atoms with Crippen molar-refractivity contribution in [2.75, 3.05) is 41.5 Å². The van der Waals surface area contributed by atoms with Crippen LogP contribution in [0.5, 0.6) is 17.4 Å². The van der Waals surface area contributed by atoms with Gasteiger partial charge < -0.3 is 24.4 Å². The Morgan fingerprint density at radius 1 is 1.10 bits per heavy atom. The number of ether oxygens (including phenoxy) is 3. The Kier molecular flexibility index (Phi) is 8.77. The number of guanidine groups is 1. The van der Waals surface area contributed by atoms with Gasteiger partial charge in [0.25, 0.3) is 0 Å². The van der Waals surface area contributed by atoms with E-state index in [9.17, 15) is 13.2 Å². The van der Waals surface area contributed by atoms with Crippen molar-refractivity contribution >= 4 is 5.96 Å². The molecule has 0 aliphatic carbocycles. The highest BCUT2D eigenvalue weighted by Crippen LogP contribution is 2.27. The monoisotopic (exact) mass is 440 g/mol. The first-order chi connectivity index (χ1) is 14.8. The fourth-order valence-electron chi connectivity index (χ4n) is 2.76. The van der Waals surface area contributed by atoms with Crippen LogP contribution in [-0.2, 0) is 13.0 Å². The summed E-state index contributed by atoms with van der Waals surface area (Å²) in [7, 11) is 6.80. The van der Waals surface area contributed by atoms with Crippen LogP contribution < -0.4 is 19.5 Å². The standard InChI is InChI=1S/C21H27F3N4O3/c1-25-20(27-13-16-6-8-19(26-12-16)31-14-21(22,23)24)28(2)10-9-15-5-7-17(29-3)18(11-15)30-4/h5-8,11-12H,9-10,13-14H2,1-4H3,(H,25,27). The third-order valence-corrected chi connectivity index (χ3v) is 4.39. The van der Waals surface area contributed by atoms with Gasteiger partial charge in [0.2, 0.25) is 5.88 Å². The SMILES string of the molecule is CN=C(NCc1ccc(OCC(F)(F)F)nc1)N(C)CCc1ccc(OC)c(OC)c1. The van der Waals surface area contributed by atoms with E-state index in [0.717, 1.165) is 17.5 Å². The van der Waals surface area contributed by atoms with Crippen molar-refractivity contribution in [1.29, 1.82) is 0 Å². The van der Waals surface area contributed by atoms with Gasteiger partial charge in [-0.2, -0.15) is 13.2 Å². The van der Waals surface area contributed by atoms with Gasteiger partial charge in [0.1, 0.15) is 0 Å². The highest BCUT2D eigenvalue weighted by Gasteiger charge is 2.28. The molecule has 10 heteroatoms. The molecule has 0 fully saturated rings. The van der Waals surface area contributed by atoms with E-state index in [1.165, 1.54) is 12.3 Å². The maximum Gasteiger partial charge on any atom is 0.422 e. The summed E-state index contributed by atoms with van der Waals surface area (Å²) in [5.41, 5.74) is 1.88. The molecule has 1 N–H and O–H groups in total. The molecule has 170 valence electrons. The Labute approximate surface area is 179 Å². The fraction of sp³-hybridized carbons (Fsp3) is 0.429. The van der Waals surface area contributed by atoms with E-state index >= 15 is 0 Å². The average Bonchev–Trinajstić information content (AvgIpc) is 2.76. The van der Waals surface area contributed by atoms with E-state index in [1.54, 1.807) is 27.3 Å². The van der Waals surface area contributed by atoms with Crippen LogP contribution in [0.25, 0.3) is 0 Å². The van der Waals surface area contributed by atoms with Gasteiger partial charge in [-0.15, -0.1) is 0 Å². The quantitative estimate of drug-likeness (QED) is 0.477. The molecule has 0 saturated heterocycles. The Morgan fingerprint density at radius 2 is 1.81 bits per heavy atom. The number of nitrogens with one attached hydrogen (secondary N) is 1. The number of pyridine rings is 1. The molecule has 2 rings (SSSR count). The number of alkyl halides is 3. The van der Waals surface area contributed by atoms with E-state index in [-0.39, 0.29) is 5.88 Å². The molecule has 1 heterocycles. The molecule has 7 nitrogen and oxygen atoms in total. The lowest BCUT2D eigenvalue weighted by atomic mass is 10.1. The Bertz CT molecular complexity index is 858. The molecule has 0 unspecified atom stereocenters. The normalized spacial score (nSPS) is 11.8. The zero-order valence-corrected chi connectivity index (χ0v) is 18.0. The van der Waals surface area contributed by atoms with Crippen LogP contribution in [0, 0.1) is 0 Å². The number of rotatable bonds is 9. The summed E-state index contributed by atoms with van der Waals surface area (Å²) < 4.78 is 51.8. The van der Waals surface area contributed by atoms with Crippen LogP contribution >= 0.6 is 0 Å². The van der Waals surface area contributed by atoms with Crippen molar-refractivity contribution < 1.29 is 27.4 Å². The van der Waals surface area contributed by atoms with Crippen LogP contribution in [-0.4, -0.2) is 63.5 Å². The number of hydrogen-bond acceptors (Lipinski definition) is 5. The third-order valence-electron chi connectivity index (χ3n) is 4.39. The maximum atomic E-state index is 12.2. The number of nitrogens with zero attached hydrogens (tertiary/aromatic N) is 3. The fourth-order valence-corrected chi connectivity index (χ4v) is 2.76. The Balaban J connectivity index is 1.86. The number of aromatic nitrogens is 1. The van der Waals surface area contributed by atoms with Gasteiger partial charge in [-0.25, -0.2) is 4.98 Å². The second-order valence-corrected chi connectivity index (χ2v) is 6.67. The summed E-state index contributed by atoms with van der Waals surface area (Å²) >= 11 is 0. The molecular formula is C21H27F3N4O3. The van der Waals surface area contributed by atoms with E-state index in [4.69, 9.17) is 9.47 Å². The van der Waals surface area contributed by atoms with E-state index in [0.29, 0.717) is 30.5 Å².